The Morgan fingerprint density at radius 1 is 1.23 bits per heavy atom. The minimum atomic E-state index is -0.457. The van der Waals surface area contributed by atoms with Crippen LogP contribution in [-0.4, -0.2) is 48.8 Å². The summed E-state index contributed by atoms with van der Waals surface area (Å²) in [7, 11) is 1.98. The maximum atomic E-state index is 12.8. The molecule has 1 aliphatic rings. The third kappa shape index (κ3) is 3.38. The van der Waals surface area contributed by atoms with Crippen LogP contribution in [0.5, 0.6) is 6.01 Å². The molecule has 22 heavy (non-hydrogen) atoms. The second-order valence-electron chi connectivity index (χ2n) is 5.50. The number of piperidine rings is 1. The van der Waals surface area contributed by atoms with Gasteiger partial charge in [0.25, 0.3) is 0 Å². The van der Waals surface area contributed by atoms with Crippen molar-refractivity contribution in [1.82, 2.24) is 29.6 Å². The summed E-state index contributed by atoms with van der Waals surface area (Å²) in [6, 6.07) is 0.240. The van der Waals surface area contributed by atoms with Crippen LogP contribution in [0.25, 0.3) is 0 Å². The number of aromatic nitrogens is 5. The molecule has 1 fully saturated rings. The molecule has 3 heterocycles. The summed E-state index contributed by atoms with van der Waals surface area (Å²) in [6.45, 7) is 4.56. The van der Waals surface area contributed by atoms with Crippen LogP contribution < -0.4 is 4.74 Å². The standard InChI is InChI=1S/C14H19FN6O/c1-10-18-19-13(20(10)2)9-21-5-3-12(4-6-21)22-14-16-7-11(15)8-17-14/h7-8,12H,3-6,9H2,1-2H3. The van der Waals surface area contributed by atoms with E-state index in [1.54, 1.807) is 0 Å². The first kappa shape index (κ1) is 14.8. The molecule has 8 heteroatoms. The molecule has 0 bridgehead atoms. The molecular weight excluding hydrogens is 287 g/mol. The lowest BCUT2D eigenvalue weighted by molar-refractivity contribution is 0.0872. The molecule has 3 rings (SSSR count). The number of hydrogen-bond acceptors (Lipinski definition) is 6. The van der Waals surface area contributed by atoms with E-state index in [-0.39, 0.29) is 12.1 Å². The van der Waals surface area contributed by atoms with E-state index >= 15 is 0 Å². The minimum absolute atomic E-state index is 0.0722. The minimum Gasteiger partial charge on any atom is -0.460 e. The monoisotopic (exact) mass is 306 g/mol. The van der Waals surface area contributed by atoms with Gasteiger partial charge in [-0.1, -0.05) is 0 Å². The van der Waals surface area contributed by atoms with E-state index in [9.17, 15) is 4.39 Å². The van der Waals surface area contributed by atoms with E-state index in [2.05, 4.69) is 25.1 Å². The molecule has 0 aromatic carbocycles. The van der Waals surface area contributed by atoms with Crippen LogP contribution in [0.2, 0.25) is 0 Å². The highest BCUT2D eigenvalue weighted by atomic mass is 19.1. The number of likely N-dealkylation sites (tertiary alicyclic amines) is 1. The molecule has 0 saturated carbocycles. The second kappa shape index (κ2) is 6.35. The summed E-state index contributed by atoms with van der Waals surface area (Å²) >= 11 is 0. The fraction of sp³-hybridized carbons (Fsp3) is 0.571. The highest BCUT2D eigenvalue weighted by molar-refractivity contribution is 4.97. The molecule has 1 aliphatic heterocycles. The summed E-state index contributed by atoms with van der Waals surface area (Å²) in [5, 5.41) is 8.26. The molecule has 2 aromatic heterocycles. The van der Waals surface area contributed by atoms with Crippen LogP contribution in [0.15, 0.2) is 12.4 Å². The van der Waals surface area contributed by atoms with E-state index in [1.165, 1.54) is 0 Å². The molecule has 0 spiro atoms. The van der Waals surface area contributed by atoms with E-state index in [1.807, 2.05) is 18.5 Å². The van der Waals surface area contributed by atoms with Gasteiger partial charge < -0.3 is 9.30 Å². The van der Waals surface area contributed by atoms with Crippen LogP contribution in [0.4, 0.5) is 4.39 Å². The van der Waals surface area contributed by atoms with Crippen molar-refractivity contribution in [3.8, 4) is 6.01 Å². The van der Waals surface area contributed by atoms with E-state index < -0.39 is 5.82 Å². The smallest absolute Gasteiger partial charge is 0.316 e. The summed E-state index contributed by atoms with van der Waals surface area (Å²) in [5.74, 6) is 1.43. The molecule has 0 atom stereocenters. The normalized spacial score (nSPS) is 16.9. The third-order valence-electron chi connectivity index (χ3n) is 3.95. The Morgan fingerprint density at radius 3 is 2.50 bits per heavy atom. The summed E-state index contributed by atoms with van der Waals surface area (Å²) in [4.78, 5) is 9.99. The van der Waals surface area contributed by atoms with Gasteiger partial charge in [-0.3, -0.25) is 4.90 Å². The van der Waals surface area contributed by atoms with Gasteiger partial charge in [0, 0.05) is 20.1 Å². The van der Waals surface area contributed by atoms with E-state index in [0.29, 0.717) is 0 Å². The highest BCUT2D eigenvalue weighted by Gasteiger charge is 2.22. The van der Waals surface area contributed by atoms with Gasteiger partial charge in [-0.2, -0.15) is 0 Å². The lowest BCUT2D eigenvalue weighted by Gasteiger charge is -2.31. The summed E-state index contributed by atoms with van der Waals surface area (Å²) in [6.07, 6.45) is 4.08. The fourth-order valence-electron chi connectivity index (χ4n) is 2.48. The average molecular weight is 306 g/mol. The predicted molar refractivity (Wildman–Crippen MR) is 76.7 cm³/mol. The predicted octanol–water partition coefficient (Wildman–Crippen LogP) is 1.10. The summed E-state index contributed by atoms with van der Waals surface area (Å²) < 4.78 is 20.5. The van der Waals surface area contributed by atoms with Crippen LogP contribution in [0, 0.1) is 12.7 Å². The van der Waals surface area contributed by atoms with Crippen molar-refractivity contribution < 1.29 is 9.13 Å². The molecule has 118 valence electrons. The fourth-order valence-corrected chi connectivity index (χ4v) is 2.48. The second-order valence-corrected chi connectivity index (χ2v) is 5.50. The van der Waals surface area contributed by atoms with Crippen molar-refractivity contribution in [2.75, 3.05) is 13.1 Å². The lowest BCUT2D eigenvalue weighted by Crippen LogP contribution is -2.38. The lowest BCUT2D eigenvalue weighted by atomic mass is 10.1. The molecule has 0 radical (unpaired) electrons. The first-order valence-electron chi connectivity index (χ1n) is 7.33. The van der Waals surface area contributed by atoms with Crippen LogP contribution in [0.1, 0.15) is 24.5 Å². The van der Waals surface area contributed by atoms with Gasteiger partial charge in [0.2, 0.25) is 0 Å². The van der Waals surface area contributed by atoms with Crippen molar-refractivity contribution >= 4 is 0 Å². The van der Waals surface area contributed by atoms with Crippen molar-refractivity contribution in [2.45, 2.75) is 32.4 Å². The molecule has 7 nitrogen and oxygen atoms in total. The van der Waals surface area contributed by atoms with Crippen molar-refractivity contribution in [3.63, 3.8) is 0 Å². The van der Waals surface area contributed by atoms with E-state index in [4.69, 9.17) is 4.74 Å². The Kier molecular flexibility index (Phi) is 4.28. The van der Waals surface area contributed by atoms with Gasteiger partial charge in [-0.25, -0.2) is 14.4 Å². The quantitative estimate of drug-likeness (QED) is 0.842. The SMILES string of the molecule is Cc1nnc(CN2CCC(Oc3ncc(F)cn3)CC2)n1C. The number of ether oxygens (including phenoxy) is 1. The molecule has 1 saturated heterocycles. The molecule has 0 N–H and O–H groups in total. The van der Waals surface area contributed by atoms with Crippen LogP contribution >= 0.6 is 0 Å². The molecular formula is C14H19FN6O. The molecule has 0 aliphatic carbocycles. The Labute approximate surface area is 128 Å². The zero-order valence-corrected chi connectivity index (χ0v) is 12.7. The first-order valence-corrected chi connectivity index (χ1v) is 7.33. The zero-order valence-electron chi connectivity index (χ0n) is 12.7. The Balaban J connectivity index is 1.50. The van der Waals surface area contributed by atoms with Crippen LogP contribution in [-0.2, 0) is 13.6 Å². The Bertz CT molecular complexity index is 621. The van der Waals surface area contributed by atoms with Crippen LogP contribution in [0.3, 0.4) is 0 Å². The maximum absolute atomic E-state index is 12.8. The van der Waals surface area contributed by atoms with Crippen molar-refractivity contribution in [1.29, 1.82) is 0 Å². The maximum Gasteiger partial charge on any atom is 0.316 e. The van der Waals surface area contributed by atoms with Gasteiger partial charge in [-0.15, -0.1) is 10.2 Å². The van der Waals surface area contributed by atoms with Gasteiger partial charge in [0.05, 0.1) is 18.9 Å². The third-order valence-corrected chi connectivity index (χ3v) is 3.95. The molecule has 0 amide bonds. The molecule has 0 unspecified atom stereocenters. The largest absolute Gasteiger partial charge is 0.460 e. The highest BCUT2D eigenvalue weighted by Crippen LogP contribution is 2.17. The van der Waals surface area contributed by atoms with E-state index in [0.717, 1.165) is 56.5 Å². The van der Waals surface area contributed by atoms with Crippen molar-refractivity contribution in [2.24, 2.45) is 7.05 Å². The first-order chi connectivity index (χ1) is 10.6. The summed E-state index contributed by atoms with van der Waals surface area (Å²) in [5.41, 5.74) is 0. The average Bonchev–Trinajstić information content (AvgIpc) is 2.84. The number of aryl methyl sites for hydroxylation is 1. The number of hydrogen-bond donors (Lipinski definition) is 0. The zero-order chi connectivity index (χ0) is 15.5. The topological polar surface area (TPSA) is 69.0 Å². The number of halogens is 1. The van der Waals surface area contributed by atoms with Gasteiger partial charge in [0.1, 0.15) is 17.8 Å². The number of rotatable bonds is 4. The number of nitrogens with zero attached hydrogens (tertiary/aromatic N) is 6. The van der Waals surface area contributed by atoms with Gasteiger partial charge in [0.15, 0.2) is 5.82 Å². The van der Waals surface area contributed by atoms with Gasteiger partial charge >= 0.3 is 6.01 Å². The Morgan fingerprint density at radius 2 is 1.91 bits per heavy atom. The van der Waals surface area contributed by atoms with Crippen molar-refractivity contribution in [3.05, 3.63) is 29.9 Å². The molecule has 2 aromatic rings. The van der Waals surface area contributed by atoms with Gasteiger partial charge in [-0.05, 0) is 19.8 Å². The Hall–Kier alpha value is -2.09.